The third kappa shape index (κ3) is 4.26. The van der Waals surface area contributed by atoms with E-state index in [2.05, 4.69) is 4.72 Å². The largest absolute Gasteiger partial charge is 0.385 e. The molecule has 3 N–H and O–H groups in total. The topological polar surface area (TPSA) is 81.4 Å². The molecule has 1 unspecified atom stereocenters. The average Bonchev–Trinajstić information content (AvgIpc) is 3.24. The second-order valence-corrected chi connectivity index (χ2v) is 7.69. The van der Waals surface area contributed by atoms with Gasteiger partial charge in [0.05, 0.1) is 4.90 Å². The molecule has 2 rings (SSSR count). The molecular formula is C15H24N2O3S. The summed E-state index contributed by atoms with van der Waals surface area (Å²) in [6, 6.07) is 6.64. The number of hydrogen-bond acceptors (Lipinski definition) is 4. The molecule has 0 amide bonds. The van der Waals surface area contributed by atoms with Gasteiger partial charge in [0, 0.05) is 26.3 Å². The molecule has 0 aliphatic heterocycles. The van der Waals surface area contributed by atoms with Crippen molar-refractivity contribution in [3.8, 4) is 0 Å². The van der Waals surface area contributed by atoms with E-state index in [0.29, 0.717) is 13.2 Å². The second-order valence-electron chi connectivity index (χ2n) is 5.93. The molecule has 6 heteroatoms. The van der Waals surface area contributed by atoms with E-state index in [9.17, 15) is 8.42 Å². The lowest BCUT2D eigenvalue weighted by atomic mass is 10.0. The van der Waals surface area contributed by atoms with Crippen LogP contribution in [0.2, 0.25) is 0 Å². The van der Waals surface area contributed by atoms with Crippen LogP contribution in [0.5, 0.6) is 0 Å². The molecule has 21 heavy (non-hydrogen) atoms. The lowest BCUT2D eigenvalue weighted by Crippen LogP contribution is -2.31. The Morgan fingerprint density at radius 2 is 1.95 bits per heavy atom. The molecule has 1 atom stereocenters. The highest BCUT2D eigenvalue weighted by molar-refractivity contribution is 7.89. The van der Waals surface area contributed by atoms with Gasteiger partial charge in [-0.05, 0) is 49.3 Å². The van der Waals surface area contributed by atoms with Crippen LogP contribution in [0, 0.1) is 5.41 Å². The minimum absolute atomic E-state index is 0.0921. The highest BCUT2D eigenvalue weighted by atomic mass is 32.2. The number of sulfonamides is 1. The van der Waals surface area contributed by atoms with Gasteiger partial charge in [0.15, 0.2) is 0 Å². The third-order valence-electron chi connectivity index (χ3n) is 4.15. The first kappa shape index (κ1) is 16.4. The van der Waals surface area contributed by atoms with Crippen molar-refractivity contribution in [2.45, 2.75) is 37.1 Å². The highest BCUT2D eigenvalue weighted by Crippen LogP contribution is 2.48. The maximum Gasteiger partial charge on any atom is 0.240 e. The lowest BCUT2D eigenvalue weighted by Gasteiger charge is -2.16. The Morgan fingerprint density at radius 3 is 2.43 bits per heavy atom. The van der Waals surface area contributed by atoms with Crippen LogP contribution in [0.3, 0.4) is 0 Å². The first-order valence-electron chi connectivity index (χ1n) is 7.23. The van der Waals surface area contributed by atoms with Crippen molar-refractivity contribution in [1.29, 1.82) is 0 Å². The van der Waals surface area contributed by atoms with E-state index in [1.54, 1.807) is 31.4 Å². The van der Waals surface area contributed by atoms with Gasteiger partial charge >= 0.3 is 0 Å². The molecule has 1 saturated carbocycles. The van der Waals surface area contributed by atoms with Gasteiger partial charge < -0.3 is 10.5 Å². The Hall–Kier alpha value is -0.950. The summed E-state index contributed by atoms with van der Waals surface area (Å²) in [4.78, 5) is 0.287. The van der Waals surface area contributed by atoms with Crippen LogP contribution in [0.1, 0.15) is 37.8 Å². The van der Waals surface area contributed by atoms with Crippen molar-refractivity contribution in [3.63, 3.8) is 0 Å². The van der Waals surface area contributed by atoms with Gasteiger partial charge in [-0.3, -0.25) is 0 Å². The number of ether oxygens (including phenoxy) is 1. The van der Waals surface area contributed by atoms with Crippen molar-refractivity contribution in [1.82, 2.24) is 4.72 Å². The molecular weight excluding hydrogens is 288 g/mol. The monoisotopic (exact) mass is 312 g/mol. The van der Waals surface area contributed by atoms with Crippen LogP contribution in [0.4, 0.5) is 0 Å². The van der Waals surface area contributed by atoms with Crippen LogP contribution < -0.4 is 10.5 Å². The van der Waals surface area contributed by atoms with Gasteiger partial charge in [-0.1, -0.05) is 12.1 Å². The number of nitrogens with one attached hydrogen (secondary N) is 1. The smallest absolute Gasteiger partial charge is 0.240 e. The number of benzene rings is 1. The summed E-state index contributed by atoms with van der Waals surface area (Å²) in [7, 11) is -1.79. The third-order valence-corrected chi connectivity index (χ3v) is 5.56. The number of hydrogen-bond donors (Lipinski definition) is 2. The van der Waals surface area contributed by atoms with Crippen LogP contribution in [-0.4, -0.2) is 28.7 Å². The number of nitrogens with two attached hydrogens (primary N) is 1. The number of rotatable bonds is 8. The Morgan fingerprint density at radius 1 is 1.33 bits per heavy atom. The Balaban J connectivity index is 1.98. The maximum absolute atomic E-state index is 12.3. The standard InChI is InChI=1S/C15H24N2O3S/c1-12(16)13-3-5-14(6-4-13)21(18,19)17-11-15(7-8-15)9-10-20-2/h3-6,12,17H,7-11,16H2,1-2H3. The van der Waals surface area contributed by atoms with E-state index < -0.39 is 10.0 Å². The molecule has 1 aliphatic carbocycles. The zero-order valence-electron chi connectivity index (χ0n) is 12.6. The van der Waals surface area contributed by atoms with E-state index in [4.69, 9.17) is 10.5 Å². The molecule has 0 saturated heterocycles. The molecule has 0 radical (unpaired) electrons. The normalized spacial score (nSPS) is 18.4. The van der Waals surface area contributed by atoms with Crippen LogP contribution in [-0.2, 0) is 14.8 Å². The molecule has 0 spiro atoms. The molecule has 1 fully saturated rings. The van der Waals surface area contributed by atoms with Crippen LogP contribution in [0.15, 0.2) is 29.2 Å². The SMILES string of the molecule is COCCC1(CNS(=O)(=O)c2ccc(C(C)N)cc2)CC1. The minimum atomic E-state index is -3.45. The first-order chi connectivity index (χ1) is 9.88. The Bertz CT molecular complexity index is 563. The lowest BCUT2D eigenvalue weighted by molar-refractivity contribution is 0.173. The summed E-state index contributed by atoms with van der Waals surface area (Å²) in [5, 5.41) is 0. The second kappa shape index (κ2) is 6.44. The zero-order chi connectivity index (χ0) is 15.5. The Kier molecular flexibility index (Phi) is 5.03. The summed E-state index contributed by atoms with van der Waals surface area (Å²) in [5.74, 6) is 0. The Labute approximate surface area is 126 Å². The van der Waals surface area contributed by atoms with Crippen molar-refractivity contribution in [2.24, 2.45) is 11.1 Å². The van der Waals surface area contributed by atoms with E-state index in [0.717, 1.165) is 24.8 Å². The summed E-state index contributed by atoms with van der Waals surface area (Å²) in [6.45, 7) is 3.02. The molecule has 0 heterocycles. The fourth-order valence-electron chi connectivity index (χ4n) is 2.29. The van der Waals surface area contributed by atoms with E-state index in [1.165, 1.54) is 0 Å². The van der Waals surface area contributed by atoms with E-state index in [1.807, 2.05) is 6.92 Å². The zero-order valence-corrected chi connectivity index (χ0v) is 13.4. The van der Waals surface area contributed by atoms with E-state index >= 15 is 0 Å². The van der Waals surface area contributed by atoms with Gasteiger partial charge in [0.2, 0.25) is 10.0 Å². The fraction of sp³-hybridized carbons (Fsp3) is 0.600. The number of methoxy groups -OCH3 is 1. The van der Waals surface area contributed by atoms with Crippen LogP contribution in [0.25, 0.3) is 0 Å². The van der Waals surface area contributed by atoms with Gasteiger partial charge in [0.1, 0.15) is 0 Å². The fourth-order valence-corrected chi connectivity index (χ4v) is 3.45. The highest BCUT2D eigenvalue weighted by Gasteiger charge is 2.42. The van der Waals surface area contributed by atoms with Gasteiger partial charge in [-0.2, -0.15) is 0 Å². The predicted molar refractivity (Wildman–Crippen MR) is 82.4 cm³/mol. The first-order valence-corrected chi connectivity index (χ1v) is 8.71. The van der Waals surface area contributed by atoms with Crippen molar-refractivity contribution in [2.75, 3.05) is 20.3 Å². The van der Waals surface area contributed by atoms with Crippen molar-refractivity contribution < 1.29 is 13.2 Å². The predicted octanol–water partition coefficient (Wildman–Crippen LogP) is 1.80. The average molecular weight is 312 g/mol. The molecule has 1 aliphatic rings. The minimum Gasteiger partial charge on any atom is -0.385 e. The quantitative estimate of drug-likeness (QED) is 0.767. The molecule has 0 aromatic heterocycles. The van der Waals surface area contributed by atoms with Crippen molar-refractivity contribution >= 4 is 10.0 Å². The van der Waals surface area contributed by atoms with Crippen LogP contribution >= 0.6 is 0 Å². The summed E-state index contributed by atoms with van der Waals surface area (Å²) in [5.41, 5.74) is 6.78. The molecule has 0 bridgehead atoms. The molecule has 1 aromatic rings. The van der Waals surface area contributed by atoms with Gasteiger partial charge in [0.25, 0.3) is 0 Å². The van der Waals surface area contributed by atoms with Gasteiger partial charge in [-0.25, -0.2) is 13.1 Å². The summed E-state index contributed by atoms with van der Waals surface area (Å²) >= 11 is 0. The summed E-state index contributed by atoms with van der Waals surface area (Å²) < 4.78 is 32.4. The van der Waals surface area contributed by atoms with Gasteiger partial charge in [-0.15, -0.1) is 0 Å². The molecule has 1 aromatic carbocycles. The van der Waals surface area contributed by atoms with Crippen molar-refractivity contribution in [3.05, 3.63) is 29.8 Å². The molecule has 118 valence electrons. The molecule has 5 nitrogen and oxygen atoms in total. The maximum atomic E-state index is 12.3. The summed E-state index contributed by atoms with van der Waals surface area (Å²) in [6.07, 6.45) is 3.01. The van der Waals surface area contributed by atoms with E-state index in [-0.39, 0.29) is 16.4 Å².